The molecule has 0 saturated carbocycles. The van der Waals surface area contributed by atoms with E-state index in [-0.39, 0.29) is 11.9 Å². The number of urea groups is 1. The molecular weight excluding hydrogens is 352 g/mol. The Morgan fingerprint density at radius 1 is 0.852 bits per heavy atom. The number of anilines is 1. The van der Waals surface area contributed by atoms with E-state index < -0.39 is 0 Å². The average molecular weight is 377 g/mol. The molecule has 2 N–H and O–H groups in total. The third kappa shape index (κ3) is 5.38. The van der Waals surface area contributed by atoms with Crippen LogP contribution < -0.4 is 10.6 Å². The Hall–Kier alpha value is -2.72. The normalized spacial score (nSPS) is 10.6. The molecule has 0 radical (unpaired) electrons. The summed E-state index contributed by atoms with van der Waals surface area (Å²) in [5.74, 6) is 0.256. The molecule has 138 valence electrons. The second kappa shape index (κ2) is 9.83. The van der Waals surface area contributed by atoms with Gasteiger partial charge >= 0.3 is 6.03 Å². The monoisotopic (exact) mass is 376 g/mol. The quantitative estimate of drug-likeness (QED) is 0.515. The van der Waals surface area contributed by atoms with Gasteiger partial charge in [0, 0.05) is 17.4 Å². The van der Waals surface area contributed by atoms with Crippen molar-refractivity contribution in [3.63, 3.8) is 0 Å². The van der Waals surface area contributed by atoms with Crippen molar-refractivity contribution in [1.29, 1.82) is 0 Å². The summed E-state index contributed by atoms with van der Waals surface area (Å²) >= 11 is 1.62. The van der Waals surface area contributed by atoms with E-state index in [1.165, 1.54) is 11.1 Å². The molecule has 2 amide bonds. The molecule has 0 aromatic heterocycles. The van der Waals surface area contributed by atoms with E-state index in [0.29, 0.717) is 6.54 Å². The first kappa shape index (κ1) is 19.1. The molecule has 0 fully saturated rings. The molecule has 0 heterocycles. The zero-order chi connectivity index (χ0) is 18.9. The van der Waals surface area contributed by atoms with Gasteiger partial charge < -0.3 is 10.6 Å². The number of hydrogen-bond acceptors (Lipinski definition) is 2. The summed E-state index contributed by atoms with van der Waals surface area (Å²) in [4.78, 5) is 13.4. The highest BCUT2D eigenvalue weighted by molar-refractivity contribution is 7.98. The highest BCUT2D eigenvalue weighted by Gasteiger charge is 2.14. The van der Waals surface area contributed by atoms with Gasteiger partial charge in [-0.05, 0) is 35.9 Å². The van der Waals surface area contributed by atoms with Crippen LogP contribution in [0.25, 0.3) is 0 Å². The van der Waals surface area contributed by atoms with E-state index in [1.807, 2.05) is 42.7 Å². The standard InChI is InChI=1S/C23H24N2OS/c1-27-22-15-9-8-14-21(22)25-23(26)24-17-16-20(18-10-4-2-5-11-18)19-12-6-3-7-13-19/h2-15,20H,16-17H2,1H3,(H2,24,25,26). The third-order valence-electron chi connectivity index (χ3n) is 4.48. The van der Waals surface area contributed by atoms with Crippen LogP contribution in [0.3, 0.4) is 0 Å². The van der Waals surface area contributed by atoms with E-state index in [9.17, 15) is 4.79 Å². The van der Waals surface area contributed by atoms with Crippen LogP contribution in [0.15, 0.2) is 89.8 Å². The maximum absolute atomic E-state index is 12.3. The molecule has 0 atom stereocenters. The smallest absolute Gasteiger partial charge is 0.319 e. The lowest BCUT2D eigenvalue weighted by Gasteiger charge is -2.19. The first-order valence-corrected chi connectivity index (χ1v) is 10.3. The first-order valence-electron chi connectivity index (χ1n) is 9.05. The number of rotatable bonds is 7. The minimum absolute atomic E-state index is 0.170. The summed E-state index contributed by atoms with van der Waals surface area (Å²) in [5.41, 5.74) is 3.36. The van der Waals surface area contributed by atoms with Crippen molar-refractivity contribution >= 4 is 23.5 Å². The van der Waals surface area contributed by atoms with Crippen molar-refractivity contribution in [2.75, 3.05) is 18.1 Å². The minimum Gasteiger partial charge on any atom is -0.338 e. The van der Waals surface area contributed by atoms with Crippen molar-refractivity contribution in [2.24, 2.45) is 0 Å². The number of para-hydroxylation sites is 1. The van der Waals surface area contributed by atoms with E-state index in [4.69, 9.17) is 0 Å². The third-order valence-corrected chi connectivity index (χ3v) is 5.27. The second-order valence-corrected chi connectivity index (χ2v) is 7.09. The molecule has 0 aliphatic carbocycles. The summed E-state index contributed by atoms with van der Waals surface area (Å²) in [6.07, 6.45) is 2.84. The van der Waals surface area contributed by atoms with E-state index in [1.54, 1.807) is 11.8 Å². The van der Waals surface area contributed by atoms with Crippen LogP contribution in [-0.4, -0.2) is 18.8 Å². The summed E-state index contributed by atoms with van der Waals surface area (Å²) in [6.45, 7) is 0.599. The van der Waals surface area contributed by atoms with E-state index in [0.717, 1.165) is 17.0 Å². The maximum atomic E-state index is 12.3. The zero-order valence-electron chi connectivity index (χ0n) is 15.4. The summed E-state index contributed by atoms with van der Waals surface area (Å²) in [5, 5.41) is 5.94. The van der Waals surface area contributed by atoms with Gasteiger partial charge in [0.05, 0.1) is 5.69 Å². The van der Waals surface area contributed by atoms with Crippen molar-refractivity contribution < 1.29 is 4.79 Å². The summed E-state index contributed by atoms with van der Waals surface area (Å²) in [7, 11) is 0. The van der Waals surface area contributed by atoms with Crippen LogP contribution in [0.2, 0.25) is 0 Å². The second-order valence-electron chi connectivity index (χ2n) is 6.24. The highest BCUT2D eigenvalue weighted by atomic mass is 32.2. The Morgan fingerprint density at radius 3 is 2.00 bits per heavy atom. The molecule has 0 aliphatic rings. The van der Waals surface area contributed by atoms with Gasteiger partial charge in [-0.15, -0.1) is 11.8 Å². The van der Waals surface area contributed by atoms with Crippen molar-refractivity contribution in [1.82, 2.24) is 5.32 Å². The van der Waals surface area contributed by atoms with E-state index >= 15 is 0 Å². The van der Waals surface area contributed by atoms with Gasteiger partial charge in [-0.1, -0.05) is 72.8 Å². The number of carbonyl (C=O) groups is 1. The van der Waals surface area contributed by atoms with Gasteiger partial charge in [0.1, 0.15) is 0 Å². The lowest BCUT2D eigenvalue weighted by molar-refractivity contribution is 0.252. The van der Waals surface area contributed by atoms with Gasteiger partial charge in [-0.2, -0.15) is 0 Å². The summed E-state index contributed by atoms with van der Waals surface area (Å²) < 4.78 is 0. The largest absolute Gasteiger partial charge is 0.338 e. The Morgan fingerprint density at radius 2 is 1.41 bits per heavy atom. The lowest BCUT2D eigenvalue weighted by Crippen LogP contribution is -2.30. The SMILES string of the molecule is CSc1ccccc1NC(=O)NCCC(c1ccccc1)c1ccccc1. The zero-order valence-corrected chi connectivity index (χ0v) is 16.2. The molecule has 27 heavy (non-hydrogen) atoms. The molecular formula is C23H24N2OS. The van der Waals surface area contributed by atoms with Crippen LogP contribution in [0.1, 0.15) is 23.5 Å². The molecule has 3 rings (SSSR count). The Labute approximate surface area is 165 Å². The number of benzene rings is 3. The van der Waals surface area contributed by atoms with Crippen molar-refractivity contribution in [3.05, 3.63) is 96.1 Å². The van der Waals surface area contributed by atoms with E-state index in [2.05, 4.69) is 59.2 Å². The molecule has 0 bridgehead atoms. The number of carbonyl (C=O) groups excluding carboxylic acids is 1. The van der Waals surface area contributed by atoms with Gasteiger partial charge in [-0.3, -0.25) is 0 Å². The topological polar surface area (TPSA) is 41.1 Å². The first-order chi connectivity index (χ1) is 13.3. The van der Waals surface area contributed by atoms with Gasteiger partial charge in [0.15, 0.2) is 0 Å². The lowest BCUT2D eigenvalue weighted by atomic mass is 9.88. The van der Waals surface area contributed by atoms with Crippen molar-refractivity contribution in [3.8, 4) is 0 Å². The maximum Gasteiger partial charge on any atom is 0.319 e. The average Bonchev–Trinajstić information content (AvgIpc) is 2.73. The number of amides is 2. The number of nitrogens with one attached hydrogen (secondary N) is 2. The fraction of sp³-hybridized carbons (Fsp3) is 0.174. The minimum atomic E-state index is -0.170. The molecule has 3 nitrogen and oxygen atoms in total. The molecule has 0 spiro atoms. The van der Waals surface area contributed by atoms with Crippen LogP contribution in [0.4, 0.5) is 10.5 Å². The van der Waals surface area contributed by atoms with Crippen LogP contribution >= 0.6 is 11.8 Å². The Kier molecular flexibility index (Phi) is 6.94. The molecule has 3 aromatic carbocycles. The predicted molar refractivity (Wildman–Crippen MR) is 115 cm³/mol. The van der Waals surface area contributed by atoms with Crippen LogP contribution in [0, 0.1) is 0 Å². The van der Waals surface area contributed by atoms with Gasteiger partial charge in [-0.25, -0.2) is 4.79 Å². The molecule has 0 saturated heterocycles. The van der Waals surface area contributed by atoms with Gasteiger partial charge in [0.2, 0.25) is 0 Å². The molecule has 0 aliphatic heterocycles. The number of hydrogen-bond donors (Lipinski definition) is 2. The summed E-state index contributed by atoms with van der Waals surface area (Å²) in [6, 6.07) is 28.5. The Balaban J connectivity index is 1.62. The van der Waals surface area contributed by atoms with Crippen molar-refractivity contribution in [2.45, 2.75) is 17.2 Å². The predicted octanol–water partition coefficient (Wildman–Crippen LogP) is 5.75. The van der Waals surface area contributed by atoms with Crippen LogP contribution in [0.5, 0.6) is 0 Å². The molecule has 4 heteroatoms. The molecule has 3 aromatic rings. The fourth-order valence-corrected chi connectivity index (χ4v) is 3.69. The van der Waals surface area contributed by atoms with Crippen LogP contribution in [-0.2, 0) is 0 Å². The number of thioether (sulfide) groups is 1. The fourth-order valence-electron chi connectivity index (χ4n) is 3.14. The Bertz CT molecular complexity index is 813. The molecule has 0 unspecified atom stereocenters. The highest BCUT2D eigenvalue weighted by Crippen LogP contribution is 2.27. The van der Waals surface area contributed by atoms with Gasteiger partial charge in [0.25, 0.3) is 0 Å².